The highest BCUT2D eigenvalue weighted by Gasteiger charge is 2.31. The lowest BCUT2D eigenvalue weighted by Gasteiger charge is -2.20. The maximum atomic E-state index is 11.8. The molecule has 0 saturated carbocycles. The molecule has 102 valence electrons. The summed E-state index contributed by atoms with van der Waals surface area (Å²) >= 11 is 0. The highest BCUT2D eigenvalue weighted by Crippen LogP contribution is 2.16. The Balaban J connectivity index is 1.80. The molecule has 5 heteroatoms. The second-order valence-corrected chi connectivity index (χ2v) is 4.73. The number of likely N-dealkylation sites (tertiary alicyclic amines) is 1. The van der Waals surface area contributed by atoms with Gasteiger partial charge in [-0.3, -0.25) is 14.5 Å². The monoisotopic (exact) mass is 262 g/mol. The number of amides is 1. The van der Waals surface area contributed by atoms with Crippen LogP contribution >= 0.6 is 0 Å². The van der Waals surface area contributed by atoms with Crippen molar-refractivity contribution in [3.05, 3.63) is 35.9 Å². The van der Waals surface area contributed by atoms with E-state index in [4.69, 9.17) is 5.11 Å². The molecule has 1 atom stereocenters. The van der Waals surface area contributed by atoms with Crippen molar-refractivity contribution in [2.45, 2.75) is 25.4 Å². The normalized spacial score (nSPS) is 19.3. The van der Waals surface area contributed by atoms with Crippen molar-refractivity contribution in [1.29, 1.82) is 0 Å². The molecule has 1 fully saturated rings. The van der Waals surface area contributed by atoms with Crippen LogP contribution < -0.4 is 5.32 Å². The molecule has 2 N–H and O–H groups in total. The molecule has 1 aliphatic heterocycles. The molecule has 1 amide bonds. The van der Waals surface area contributed by atoms with E-state index in [0.717, 1.165) is 12.0 Å². The van der Waals surface area contributed by atoms with Gasteiger partial charge >= 0.3 is 5.97 Å². The molecule has 1 aromatic carbocycles. The lowest BCUT2D eigenvalue weighted by atomic mass is 10.2. The maximum Gasteiger partial charge on any atom is 0.320 e. The van der Waals surface area contributed by atoms with Gasteiger partial charge in [0.25, 0.3) is 0 Å². The summed E-state index contributed by atoms with van der Waals surface area (Å²) in [6.07, 6.45) is 1.46. The summed E-state index contributed by atoms with van der Waals surface area (Å²) in [6.45, 7) is 1.31. The Morgan fingerprint density at radius 2 is 2.05 bits per heavy atom. The molecule has 5 nitrogen and oxygen atoms in total. The number of hydrogen-bond donors (Lipinski definition) is 2. The molecule has 2 rings (SSSR count). The number of rotatable bonds is 5. The molecular formula is C14H18N2O3. The topological polar surface area (TPSA) is 69.6 Å². The Morgan fingerprint density at radius 3 is 2.74 bits per heavy atom. The number of nitrogens with one attached hydrogen (secondary N) is 1. The van der Waals surface area contributed by atoms with Gasteiger partial charge < -0.3 is 10.4 Å². The molecular weight excluding hydrogens is 244 g/mol. The smallest absolute Gasteiger partial charge is 0.320 e. The first-order valence-corrected chi connectivity index (χ1v) is 6.44. The predicted molar refractivity (Wildman–Crippen MR) is 70.5 cm³/mol. The minimum atomic E-state index is -0.839. The van der Waals surface area contributed by atoms with Crippen molar-refractivity contribution in [3.8, 4) is 0 Å². The number of benzene rings is 1. The molecule has 1 aliphatic rings. The Bertz CT molecular complexity index is 447. The minimum absolute atomic E-state index is 0.128. The van der Waals surface area contributed by atoms with Crippen molar-refractivity contribution in [2.24, 2.45) is 0 Å². The average Bonchev–Trinajstić information content (AvgIpc) is 2.86. The van der Waals surface area contributed by atoms with Crippen LogP contribution in [0.2, 0.25) is 0 Å². The molecule has 0 unspecified atom stereocenters. The minimum Gasteiger partial charge on any atom is -0.480 e. The number of carbonyl (C=O) groups excluding carboxylic acids is 1. The van der Waals surface area contributed by atoms with Gasteiger partial charge in [-0.1, -0.05) is 30.3 Å². The van der Waals surface area contributed by atoms with Gasteiger partial charge in [0, 0.05) is 6.54 Å². The number of carboxylic acid groups (broad SMARTS) is 1. The molecule has 0 aliphatic carbocycles. The highest BCUT2D eigenvalue weighted by molar-refractivity contribution is 5.80. The first kappa shape index (κ1) is 13.5. The summed E-state index contributed by atoms with van der Waals surface area (Å²) in [5.74, 6) is -0.967. The molecule has 1 saturated heterocycles. The third-order valence-electron chi connectivity index (χ3n) is 3.33. The first-order chi connectivity index (χ1) is 9.16. The number of hydrogen-bond acceptors (Lipinski definition) is 3. The maximum absolute atomic E-state index is 11.8. The Hall–Kier alpha value is -1.88. The largest absolute Gasteiger partial charge is 0.480 e. The lowest BCUT2D eigenvalue weighted by Crippen LogP contribution is -2.42. The lowest BCUT2D eigenvalue weighted by molar-refractivity contribution is -0.142. The van der Waals surface area contributed by atoms with Crippen LogP contribution in [-0.4, -0.2) is 41.0 Å². The fraction of sp³-hybridized carbons (Fsp3) is 0.429. The van der Waals surface area contributed by atoms with Gasteiger partial charge in [0.1, 0.15) is 6.04 Å². The van der Waals surface area contributed by atoms with Crippen LogP contribution in [0.25, 0.3) is 0 Å². The van der Waals surface area contributed by atoms with Crippen LogP contribution in [-0.2, 0) is 16.1 Å². The van der Waals surface area contributed by atoms with Crippen molar-refractivity contribution in [1.82, 2.24) is 10.2 Å². The summed E-state index contributed by atoms with van der Waals surface area (Å²) in [7, 11) is 0. The van der Waals surface area contributed by atoms with Gasteiger partial charge in [0.2, 0.25) is 5.91 Å². The second-order valence-electron chi connectivity index (χ2n) is 4.73. The quantitative estimate of drug-likeness (QED) is 0.825. The summed E-state index contributed by atoms with van der Waals surface area (Å²) in [6, 6.07) is 9.13. The van der Waals surface area contributed by atoms with Crippen LogP contribution in [0, 0.1) is 0 Å². The van der Waals surface area contributed by atoms with Crippen LogP contribution in [0.1, 0.15) is 18.4 Å². The van der Waals surface area contributed by atoms with E-state index in [9.17, 15) is 9.59 Å². The third-order valence-corrected chi connectivity index (χ3v) is 3.33. The molecule has 0 radical (unpaired) electrons. The van der Waals surface area contributed by atoms with Gasteiger partial charge in [-0.2, -0.15) is 0 Å². The predicted octanol–water partition coefficient (Wildman–Crippen LogP) is 0.852. The molecule has 19 heavy (non-hydrogen) atoms. The fourth-order valence-corrected chi connectivity index (χ4v) is 2.33. The van der Waals surface area contributed by atoms with Crippen LogP contribution in [0.5, 0.6) is 0 Å². The molecule has 1 aromatic rings. The van der Waals surface area contributed by atoms with E-state index in [1.807, 2.05) is 30.3 Å². The number of carbonyl (C=O) groups is 2. The van der Waals surface area contributed by atoms with Crippen molar-refractivity contribution >= 4 is 11.9 Å². The van der Waals surface area contributed by atoms with Crippen molar-refractivity contribution < 1.29 is 14.7 Å². The van der Waals surface area contributed by atoms with Gasteiger partial charge in [0.15, 0.2) is 0 Å². The summed E-state index contributed by atoms with van der Waals surface area (Å²) < 4.78 is 0. The van der Waals surface area contributed by atoms with Crippen LogP contribution in [0.15, 0.2) is 30.3 Å². The summed E-state index contributed by atoms with van der Waals surface area (Å²) in [4.78, 5) is 24.5. The Kier molecular flexibility index (Phi) is 4.52. The standard InChI is InChI=1S/C14H18N2O3/c17-13(15-9-11-5-2-1-3-6-11)10-16-8-4-7-12(16)14(18)19/h1-3,5-6,12H,4,7-10H2,(H,15,17)(H,18,19)/t12-/m1/s1. The molecule has 0 bridgehead atoms. The number of nitrogens with zero attached hydrogens (tertiary/aromatic N) is 1. The Morgan fingerprint density at radius 1 is 1.32 bits per heavy atom. The van der Waals surface area contributed by atoms with E-state index < -0.39 is 12.0 Å². The first-order valence-electron chi connectivity index (χ1n) is 6.44. The third kappa shape index (κ3) is 3.79. The van der Waals surface area contributed by atoms with E-state index in [2.05, 4.69) is 5.32 Å². The zero-order chi connectivity index (χ0) is 13.7. The molecule has 0 spiro atoms. The average molecular weight is 262 g/mol. The highest BCUT2D eigenvalue weighted by atomic mass is 16.4. The summed E-state index contributed by atoms with van der Waals surface area (Å²) in [5, 5.41) is 11.8. The van der Waals surface area contributed by atoms with Gasteiger partial charge in [-0.15, -0.1) is 0 Å². The van der Waals surface area contributed by atoms with E-state index in [-0.39, 0.29) is 12.5 Å². The zero-order valence-corrected chi connectivity index (χ0v) is 10.7. The van der Waals surface area contributed by atoms with Crippen LogP contribution in [0.3, 0.4) is 0 Å². The number of carboxylic acids is 1. The van der Waals surface area contributed by atoms with Crippen LogP contribution in [0.4, 0.5) is 0 Å². The van der Waals surface area contributed by atoms with E-state index in [0.29, 0.717) is 19.5 Å². The van der Waals surface area contributed by atoms with E-state index in [1.54, 1.807) is 4.90 Å². The zero-order valence-electron chi connectivity index (χ0n) is 10.7. The molecule has 0 aromatic heterocycles. The van der Waals surface area contributed by atoms with Gasteiger partial charge in [-0.25, -0.2) is 0 Å². The van der Waals surface area contributed by atoms with Crippen molar-refractivity contribution in [2.75, 3.05) is 13.1 Å². The van der Waals surface area contributed by atoms with E-state index >= 15 is 0 Å². The van der Waals surface area contributed by atoms with E-state index in [1.165, 1.54) is 0 Å². The SMILES string of the molecule is O=C(CN1CCC[C@@H]1C(=O)O)NCc1ccccc1. The van der Waals surface area contributed by atoms with Gasteiger partial charge in [-0.05, 0) is 24.9 Å². The second kappa shape index (κ2) is 6.33. The van der Waals surface area contributed by atoms with Crippen molar-refractivity contribution in [3.63, 3.8) is 0 Å². The molecule has 1 heterocycles. The summed E-state index contributed by atoms with van der Waals surface area (Å²) in [5.41, 5.74) is 1.03. The Labute approximate surface area is 112 Å². The number of aliphatic carboxylic acids is 1. The fourth-order valence-electron chi connectivity index (χ4n) is 2.33. The van der Waals surface area contributed by atoms with Gasteiger partial charge in [0.05, 0.1) is 6.54 Å².